The lowest BCUT2D eigenvalue weighted by Crippen LogP contribution is -2.59. The Morgan fingerprint density at radius 3 is 2.28 bits per heavy atom. The highest BCUT2D eigenvalue weighted by molar-refractivity contribution is 6.04. The number of benzene rings is 2. The van der Waals surface area contributed by atoms with Gasteiger partial charge in [0.25, 0.3) is 0 Å². The highest BCUT2D eigenvalue weighted by atomic mass is 16.5. The molecule has 2 aromatic rings. The van der Waals surface area contributed by atoms with Crippen molar-refractivity contribution in [3.8, 4) is 5.75 Å². The second-order valence-electron chi connectivity index (χ2n) is 12.9. The Morgan fingerprint density at radius 2 is 1.63 bits per heavy atom. The Balaban J connectivity index is 1.46. The van der Waals surface area contributed by atoms with Crippen molar-refractivity contribution < 1.29 is 29.0 Å². The summed E-state index contributed by atoms with van der Waals surface area (Å²) in [6, 6.07) is 15.5. The number of rotatable bonds is 10. The number of anilines is 1. The van der Waals surface area contributed by atoms with E-state index in [-0.39, 0.29) is 30.2 Å². The number of hydrogen-bond acceptors (Lipinski definition) is 6. The molecule has 2 fully saturated rings. The maximum Gasteiger partial charge on any atom is 0.249 e. The summed E-state index contributed by atoms with van der Waals surface area (Å²) in [4.78, 5) is 49.6. The van der Waals surface area contributed by atoms with Crippen molar-refractivity contribution >= 4 is 23.4 Å². The fraction of sp³-hybridized carbons (Fsp3) is 0.486. The number of aliphatic hydroxyl groups excluding tert-OH is 1. The van der Waals surface area contributed by atoms with E-state index in [0.717, 1.165) is 5.56 Å². The van der Waals surface area contributed by atoms with Crippen molar-refractivity contribution in [2.45, 2.75) is 70.4 Å². The van der Waals surface area contributed by atoms with E-state index in [1.807, 2.05) is 107 Å². The molecular weight excluding hydrogens is 582 g/mol. The summed E-state index contributed by atoms with van der Waals surface area (Å²) in [6.07, 6.45) is 8.81. The van der Waals surface area contributed by atoms with Crippen molar-refractivity contribution in [1.82, 2.24) is 9.80 Å². The predicted octanol–water partition coefficient (Wildman–Crippen LogP) is 4.35. The van der Waals surface area contributed by atoms with E-state index < -0.39 is 35.1 Å². The van der Waals surface area contributed by atoms with Gasteiger partial charge in [0.05, 0.1) is 36.7 Å². The minimum absolute atomic E-state index is 0.0894. The summed E-state index contributed by atoms with van der Waals surface area (Å²) in [7, 11) is 0. The van der Waals surface area contributed by atoms with Gasteiger partial charge in [0.2, 0.25) is 17.7 Å². The number of carbonyl (C=O) groups excluding carboxylic acids is 3. The summed E-state index contributed by atoms with van der Waals surface area (Å²) in [5.74, 6) is -1.99. The molecule has 1 spiro atoms. The van der Waals surface area contributed by atoms with Crippen LogP contribution in [-0.2, 0) is 25.7 Å². The number of likely N-dealkylation sites (tertiary alicyclic amines) is 1. The first kappa shape index (κ1) is 32.0. The molecule has 3 amide bonds. The molecule has 0 aromatic heterocycles. The molecule has 2 aromatic carbocycles. The average molecular weight is 628 g/mol. The van der Waals surface area contributed by atoms with Gasteiger partial charge >= 0.3 is 0 Å². The van der Waals surface area contributed by atoms with Crippen molar-refractivity contribution in [2.24, 2.45) is 17.8 Å². The maximum atomic E-state index is 14.9. The summed E-state index contributed by atoms with van der Waals surface area (Å²) >= 11 is 0. The summed E-state index contributed by atoms with van der Waals surface area (Å²) in [6.45, 7) is 9.13. The van der Waals surface area contributed by atoms with Gasteiger partial charge in [-0.3, -0.25) is 14.4 Å². The van der Waals surface area contributed by atoms with Crippen molar-refractivity contribution in [1.29, 1.82) is 0 Å². The van der Waals surface area contributed by atoms with E-state index in [0.29, 0.717) is 50.5 Å². The molecule has 1 N–H and O–H groups in total. The van der Waals surface area contributed by atoms with Crippen LogP contribution in [0.25, 0.3) is 0 Å². The van der Waals surface area contributed by atoms with Crippen LogP contribution in [0.3, 0.4) is 0 Å². The van der Waals surface area contributed by atoms with Crippen LogP contribution in [0.5, 0.6) is 5.75 Å². The molecule has 4 heterocycles. The lowest BCUT2D eigenvalue weighted by Gasteiger charge is -2.42. The number of amides is 3. The zero-order valence-corrected chi connectivity index (χ0v) is 27.2. The number of aliphatic hydroxyl groups is 1. The van der Waals surface area contributed by atoms with E-state index in [2.05, 4.69) is 0 Å². The van der Waals surface area contributed by atoms with Crippen molar-refractivity contribution in [2.75, 3.05) is 31.2 Å². The van der Waals surface area contributed by atoms with Gasteiger partial charge in [-0.05, 0) is 49.1 Å². The van der Waals surface area contributed by atoms with E-state index in [1.54, 1.807) is 14.7 Å². The quantitative estimate of drug-likeness (QED) is 0.394. The van der Waals surface area contributed by atoms with Gasteiger partial charge in [-0.1, -0.05) is 81.8 Å². The normalized spacial score (nSPS) is 30.1. The van der Waals surface area contributed by atoms with Crippen molar-refractivity contribution in [3.05, 3.63) is 84.5 Å². The molecule has 2 saturated heterocycles. The van der Waals surface area contributed by atoms with Gasteiger partial charge in [0.1, 0.15) is 17.4 Å². The van der Waals surface area contributed by atoms with Crippen LogP contribution in [0, 0.1) is 17.8 Å². The fourth-order valence-corrected chi connectivity index (χ4v) is 7.98. The highest BCUT2D eigenvalue weighted by Crippen LogP contribution is 2.59. The van der Waals surface area contributed by atoms with E-state index in [9.17, 15) is 19.5 Å². The van der Waals surface area contributed by atoms with Gasteiger partial charge < -0.3 is 29.3 Å². The first-order chi connectivity index (χ1) is 22.2. The topological polar surface area (TPSA) is 99.6 Å². The molecule has 1 unspecified atom stereocenters. The third-order valence-electron chi connectivity index (χ3n) is 10.5. The van der Waals surface area contributed by atoms with E-state index >= 15 is 0 Å². The monoisotopic (exact) mass is 627 g/mol. The second-order valence-corrected chi connectivity index (χ2v) is 12.9. The minimum atomic E-state index is -1.39. The summed E-state index contributed by atoms with van der Waals surface area (Å²) in [5, 5.41) is 10.7. The smallest absolute Gasteiger partial charge is 0.249 e. The molecule has 0 saturated carbocycles. The molecule has 244 valence electrons. The van der Waals surface area contributed by atoms with E-state index in [4.69, 9.17) is 9.47 Å². The number of hydrogen-bond donors (Lipinski definition) is 1. The first-order valence-electron chi connectivity index (χ1n) is 16.6. The van der Waals surface area contributed by atoms with Gasteiger partial charge in [0, 0.05) is 25.3 Å². The van der Waals surface area contributed by atoms with Crippen LogP contribution in [0.4, 0.5) is 5.69 Å². The molecule has 9 nitrogen and oxygen atoms in total. The lowest BCUT2D eigenvalue weighted by atomic mass is 9.73. The summed E-state index contributed by atoms with van der Waals surface area (Å²) in [5.41, 5.74) is -0.811. The number of ether oxygens (including phenoxy) is 2. The van der Waals surface area contributed by atoms with Gasteiger partial charge in [-0.25, -0.2) is 0 Å². The number of nitrogens with zero attached hydrogens (tertiary/aromatic N) is 3. The molecule has 0 radical (unpaired) electrons. The fourth-order valence-electron chi connectivity index (χ4n) is 7.98. The zero-order chi connectivity index (χ0) is 32.6. The second kappa shape index (κ2) is 12.7. The summed E-state index contributed by atoms with van der Waals surface area (Å²) < 4.78 is 12.7. The Morgan fingerprint density at radius 1 is 0.913 bits per heavy atom. The van der Waals surface area contributed by atoms with Crippen LogP contribution in [0.1, 0.15) is 46.1 Å². The Hall–Kier alpha value is -3.95. The SMILES string of the molecule is CCOc1ccc(N2CC=C[C@@]3(CC)O[C@]45C=CCN(Cc6ccccc6)C(=O)C4N([C@@H](CO)[C@@H](C)CC)C(=O)[C@@H]5[C@H]3C2=O)cc1. The lowest BCUT2D eigenvalue weighted by molar-refractivity contribution is -0.157. The van der Waals surface area contributed by atoms with Crippen LogP contribution in [-0.4, -0.2) is 82.2 Å². The van der Waals surface area contributed by atoms with Crippen LogP contribution in [0.15, 0.2) is 78.9 Å². The Kier molecular flexibility index (Phi) is 8.83. The molecular formula is C37H45N3O6. The predicted molar refractivity (Wildman–Crippen MR) is 175 cm³/mol. The standard InChI is InChI=1S/C37H45N3O6/c1-5-25(4)29(24-41)40-32-35(44)38(23-26-13-9-8-10-14-26)21-12-20-37(32)31(34(40)43)30-33(42)39(22-11-19-36(30,6-2)46-37)27-15-17-28(18-16-27)45-7-3/h8-20,25,29-32,41H,5-7,21-24H2,1-4H3/t25-,29-,30-,31-,32?,36+,37-/m0/s1. The Labute approximate surface area is 271 Å². The molecule has 0 bridgehead atoms. The molecule has 6 rings (SSSR count). The molecule has 46 heavy (non-hydrogen) atoms. The van der Waals surface area contributed by atoms with E-state index in [1.165, 1.54) is 0 Å². The van der Waals surface area contributed by atoms with Crippen LogP contribution < -0.4 is 9.64 Å². The first-order valence-corrected chi connectivity index (χ1v) is 16.6. The van der Waals surface area contributed by atoms with Crippen molar-refractivity contribution in [3.63, 3.8) is 0 Å². The molecule has 7 atom stereocenters. The molecule has 9 heteroatoms. The van der Waals surface area contributed by atoms with Gasteiger partial charge in [-0.2, -0.15) is 0 Å². The number of fused-ring (bicyclic) bond motifs is 2. The minimum Gasteiger partial charge on any atom is -0.494 e. The van der Waals surface area contributed by atoms with Crippen LogP contribution >= 0.6 is 0 Å². The zero-order valence-electron chi connectivity index (χ0n) is 27.2. The van der Waals surface area contributed by atoms with Gasteiger partial charge in [-0.15, -0.1) is 0 Å². The largest absolute Gasteiger partial charge is 0.494 e. The Bertz CT molecular complexity index is 1510. The maximum absolute atomic E-state index is 14.9. The average Bonchev–Trinajstić information content (AvgIpc) is 3.37. The highest BCUT2D eigenvalue weighted by Gasteiger charge is 2.76. The molecule has 4 aliphatic heterocycles. The third kappa shape index (κ3) is 5.04. The van der Waals surface area contributed by atoms with Gasteiger partial charge in [0.15, 0.2) is 0 Å². The third-order valence-corrected chi connectivity index (χ3v) is 10.5. The molecule has 0 aliphatic carbocycles. The molecule has 4 aliphatic rings. The van der Waals surface area contributed by atoms with Crippen LogP contribution in [0.2, 0.25) is 0 Å². The number of carbonyl (C=O) groups is 3.